The van der Waals surface area contributed by atoms with Crippen LogP contribution in [0.3, 0.4) is 0 Å². The molecular formula is C14H16N4O3. The highest BCUT2D eigenvalue weighted by molar-refractivity contribution is 6.39. The number of hydrazone groups is 1. The van der Waals surface area contributed by atoms with Crippen molar-refractivity contribution >= 4 is 23.4 Å². The summed E-state index contributed by atoms with van der Waals surface area (Å²) < 4.78 is 0. The zero-order valence-corrected chi connectivity index (χ0v) is 11.6. The van der Waals surface area contributed by atoms with Crippen LogP contribution in [0.4, 0.5) is 0 Å². The van der Waals surface area contributed by atoms with Crippen molar-refractivity contribution in [3.05, 3.63) is 35.4 Å². The number of nitrogens with zero attached hydrogens (tertiary/aromatic N) is 2. The average molecular weight is 288 g/mol. The van der Waals surface area contributed by atoms with Crippen molar-refractivity contribution < 1.29 is 14.4 Å². The molecule has 3 N–H and O–H groups in total. The first-order valence-electron chi connectivity index (χ1n) is 6.47. The smallest absolute Gasteiger partial charge is 0.270 e. The van der Waals surface area contributed by atoms with Gasteiger partial charge in [0.25, 0.3) is 5.91 Å². The summed E-state index contributed by atoms with van der Waals surface area (Å²) in [5.74, 6) is -0.900. The van der Waals surface area contributed by atoms with Crippen LogP contribution in [0.1, 0.15) is 28.8 Å². The van der Waals surface area contributed by atoms with Crippen LogP contribution in [0, 0.1) is 0 Å². The maximum Gasteiger partial charge on any atom is 0.270 e. The predicted octanol–water partition coefficient (Wildman–Crippen LogP) is 0.00990. The lowest BCUT2D eigenvalue weighted by Gasteiger charge is -2.20. The van der Waals surface area contributed by atoms with Gasteiger partial charge >= 0.3 is 0 Å². The van der Waals surface area contributed by atoms with Crippen molar-refractivity contribution in [1.82, 2.24) is 10.3 Å². The molecule has 1 heterocycles. The van der Waals surface area contributed by atoms with Gasteiger partial charge in [-0.15, -0.1) is 0 Å². The second-order valence-corrected chi connectivity index (χ2v) is 4.82. The molecule has 0 saturated heterocycles. The van der Waals surface area contributed by atoms with Gasteiger partial charge in [-0.05, 0) is 17.7 Å². The van der Waals surface area contributed by atoms with E-state index in [9.17, 15) is 14.4 Å². The lowest BCUT2D eigenvalue weighted by atomic mass is 10.1. The van der Waals surface area contributed by atoms with E-state index in [4.69, 9.17) is 5.73 Å². The minimum absolute atomic E-state index is 0.184. The first-order chi connectivity index (χ1) is 9.97. The van der Waals surface area contributed by atoms with Crippen molar-refractivity contribution in [3.63, 3.8) is 0 Å². The Bertz CT molecular complexity index is 607. The van der Waals surface area contributed by atoms with E-state index in [0.717, 1.165) is 5.56 Å². The van der Waals surface area contributed by atoms with Crippen molar-refractivity contribution in [1.29, 1.82) is 0 Å². The number of primary amides is 1. The average Bonchev–Trinajstić information content (AvgIpc) is 2.47. The summed E-state index contributed by atoms with van der Waals surface area (Å²) in [5, 5.41) is 3.78. The molecule has 7 nitrogen and oxygen atoms in total. The van der Waals surface area contributed by atoms with Gasteiger partial charge in [0.15, 0.2) is 0 Å². The second-order valence-electron chi connectivity index (χ2n) is 4.82. The zero-order valence-electron chi connectivity index (χ0n) is 11.6. The number of hydrogen-bond acceptors (Lipinski definition) is 4. The lowest BCUT2D eigenvalue weighted by molar-refractivity contribution is -0.124. The molecule has 1 aromatic carbocycles. The Morgan fingerprint density at radius 3 is 2.48 bits per heavy atom. The zero-order chi connectivity index (χ0) is 15.4. The van der Waals surface area contributed by atoms with E-state index in [1.165, 1.54) is 4.90 Å². The number of carbonyl (C=O) groups is 3. The summed E-state index contributed by atoms with van der Waals surface area (Å²) in [6.45, 7) is 0.380. The first kappa shape index (κ1) is 14.7. The number of amides is 3. The molecule has 3 amide bonds. The Hall–Kier alpha value is -2.70. The van der Waals surface area contributed by atoms with Gasteiger partial charge in [-0.1, -0.05) is 12.1 Å². The molecule has 21 heavy (non-hydrogen) atoms. The normalized spacial score (nSPS) is 14.1. The second kappa shape index (κ2) is 6.17. The summed E-state index contributed by atoms with van der Waals surface area (Å²) in [6, 6.07) is 6.73. The Morgan fingerprint density at radius 1 is 1.29 bits per heavy atom. The molecule has 0 spiro atoms. The summed E-state index contributed by atoms with van der Waals surface area (Å²) in [5.41, 5.74) is 9.10. The maximum absolute atomic E-state index is 12.2. The number of rotatable bonds is 4. The van der Waals surface area contributed by atoms with E-state index in [-0.39, 0.29) is 18.2 Å². The van der Waals surface area contributed by atoms with Crippen LogP contribution in [0.15, 0.2) is 29.4 Å². The van der Waals surface area contributed by atoms with Gasteiger partial charge in [0, 0.05) is 32.0 Å². The van der Waals surface area contributed by atoms with Crippen LogP contribution in [0.25, 0.3) is 0 Å². The van der Waals surface area contributed by atoms with E-state index in [2.05, 4.69) is 10.5 Å². The highest BCUT2D eigenvalue weighted by atomic mass is 16.2. The lowest BCUT2D eigenvalue weighted by Crippen LogP contribution is -2.37. The van der Waals surface area contributed by atoms with Gasteiger partial charge in [-0.3, -0.25) is 14.4 Å². The van der Waals surface area contributed by atoms with Gasteiger partial charge in [0.1, 0.15) is 5.71 Å². The minimum atomic E-state index is -0.488. The molecule has 0 saturated carbocycles. The quantitative estimate of drug-likeness (QED) is 0.815. The van der Waals surface area contributed by atoms with E-state index in [1.807, 2.05) is 0 Å². The third-order valence-electron chi connectivity index (χ3n) is 3.16. The van der Waals surface area contributed by atoms with Gasteiger partial charge in [0.05, 0.1) is 0 Å². The van der Waals surface area contributed by atoms with Crippen LogP contribution in [-0.2, 0) is 16.1 Å². The van der Waals surface area contributed by atoms with Crippen LogP contribution in [0.2, 0.25) is 0 Å². The molecule has 0 fully saturated rings. The number of nitrogens with two attached hydrogens (primary N) is 1. The molecule has 0 atom stereocenters. The van der Waals surface area contributed by atoms with Crippen LogP contribution < -0.4 is 11.2 Å². The molecule has 0 unspecified atom stereocenters. The monoisotopic (exact) mass is 288 g/mol. The molecule has 0 radical (unpaired) electrons. The number of nitrogens with one attached hydrogen (secondary N) is 1. The largest absolute Gasteiger partial charge is 0.366 e. The summed E-state index contributed by atoms with van der Waals surface area (Å²) in [6.07, 6.45) is 0.612. The summed E-state index contributed by atoms with van der Waals surface area (Å²) in [4.78, 5) is 35.6. The Balaban J connectivity index is 2.00. The van der Waals surface area contributed by atoms with Crippen molar-refractivity contribution in [2.24, 2.45) is 10.8 Å². The molecule has 1 aliphatic rings. The SMILES string of the molecule is CN(Cc1ccc(C(N)=O)cc1)C(=O)C1=NNC(=O)CC1. The van der Waals surface area contributed by atoms with Gasteiger partial charge in [0.2, 0.25) is 11.8 Å². The third kappa shape index (κ3) is 3.65. The van der Waals surface area contributed by atoms with Gasteiger partial charge < -0.3 is 10.6 Å². The molecule has 110 valence electrons. The minimum Gasteiger partial charge on any atom is -0.366 e. The standard InChI is InChI=1S/C14H16N4O3/c1-18(14(21)11-6-7-12(19)17-16-11)8-9-2-4-10(5-3-9)13(15)20/h2-5H,6-8H2,1H3,(H2,15,20)(H,17,19). The van der Waals surface area contributed by atoms with Crippen molar-refractivity contribution in [2.45, 2.75) is 19.4 Å². The van der Waals surface area contributed by atoms with Crippen LogP contribution in [0.5, 0.6) is 0 Å². The Labute approximate surface area is 121 Å². The fourth-order valence-corrected chi connectivity index (χ4v) is 1.97. The molecule has 7 heteroatoms. The molecular weight excluding hydrogens is 272 g/mol. The molecule has 2 rings (SSSR count). The van der Waals surface area contributed by atoms with Gasteiger partial charge in [-0.2, -0.15) is 5.10 Å². The fourth-order valence-electron chi connectivity index (χ4n) is 1.97. The topological polar surface area (TPSA) is 105 Å². The Kier molecular flexibility index (Phi) is 4.32. The first-order valence-corrected chi connectivity index (χ1v) is 6.47. The Morgan fingerprint density at radius 2 is 1.95 bits per heavy atom. The third-order valence-corrected chi connectivity index (χ3v) is 3.16. The number of benzene rings is 1. The molecule has 1 aromatic rings. The van der Waals surface area contributed by atoms with Crippen LogP contribution in [-0.4, -0.2) is 35.4 Å². The molecule has 0 aliphatic carbocycles. The molecule has 0 aromatic heterocycles. The van der Waals surface area contributed by atoms with Crippen LogP contribution >= 0.6 is 0 Å². The van der Waals surface area contributed by atoms with E-state index in [0.29, 0.717) is 24.2 Å². The molecule has 1 aliphatic heterocycles. The van der Waals surface area contributed by atoms with E-state index in [1.54, 1.807) is 31.3 Å². The van der Waals surface area contributed by atoms with Gasteiger partial charge in [-0.25, -0.2) is 5.43 Å². The summed E-state index contributed by atoms with van der Waals surface area (Å²) >= 11 is 0. The highest BCUT2D eigenvalue weighted by Gasteiger charge is 2.21. The van der Waals surface area contributed by atoms with Crippen molar-refractivity contribution in [2.75, 3.05) is 7.05 Å². The fraction of sp³-hybridized carbons (Fsp3) is 0.286. The highest BCUT2D eigenvalue weighted by Crippen LogP contribution is 2.09. The molecule has 0 bridgehead atoms. The predicted molar refractivity (Wildman–Crippen MR) is 76.2 cm³/mol. The maximum atomic E-state index is 12.2. The van der Waals surface area contributed by atoms with E-state index < -0.39 is 5.91 Å². The van der Waals surface area contributed by atoms with Crippen molar-refractivity contribution in [3.8, 4) is 0 Å². The number of carbonyl (C=O) groups excluding carboxylic acids is 3. The number of hydrogen-bond donors (Lipinski definition) is 2. The summed E-state index contributed by atoms with van der Waals surface area (Å²) in [7, 11) is 1.66. The van der Waals surface area contributed by atoms with E-state index >= 15 is 0 Å².